The molecule has 27 heavy (non-hydrogen) atoms. The highest BCUT2D eigenvalue weighted by atomic mass is 32.1. The van der Waals surface area contributed by atoms with Crippen LogP contribution in [0.5, 0.6) is 0 Å². The molecule has 11 heteroatoms. The number of aromatic nitrogens is 3. The maximum atomic E-state index is 12.3. The molecule has 0 aromatic carbocycles. The van der Waals surface area contributed by atoms with E-state index in [1.54, 1.807) is 36.4 Å². The van der Waals surface area contributed by atoms with Gasteiger partial charge in [-0.2, -0.15) is 5.10 Å². The monoisotopic (exact) mass is 391 g/mol. The SMILES string of the molecule is CCOC(=O)C1=C(COC(=O)c2csc(-c3cnn(C)c3)n2)NC(=O)NC1. The van der Waals surface area contributed by atoms with Crippen LogP contribution in [-0.2, 0) is 21.3 Å². The fourth-order valence-electron chi connectivity index (χ4n) is 2.31. The van der Waals surface area contributed by atoms with E-state index in [1.165, 1.54) is 11.3 Å². The number of amides is 2. The van der Waals surface area contributed by atoms with Crippen molar-refractivity contribution in [3.63, 3.8) is 0 Å². The normalized spacial score (nSPS) is 13.8. The summed E-state index contributed by atoms with van der Waals surface area (Å²) in [6.07, 6.45) is 3.43. The van der Waals surface area contributed by atoms with E-state index in [-0.39, 0.29) is 36.7 Å². The lowest BCUT2D eigenvalue weighted by molar-refractivity contribution is -0.138. The minimum atomic E-state index is -0.662. The molecule has 2 aromatic heterocycles. The molecule has 3 heterocycles. The van der Waals surface area contributed by atoms with Crippen molar-refractivity contribution in [3.05, 3.63) is 34.7 Å². The van der Waals surface area contributed by atoms with Crippen LogP contribution >= 0.6 is 11.3 Å². The summed E-state index contributed by atoms with van der Waals surface area (Å²) in [5, 5.41) is 11.2. The molecule has 142 valence electrons. The van der Waals surface area contributed by atoms with Crippen LogP contribution in [0.25, 0.3) is 10.6 Å². The fourth-order valence-corrected chi connectivity index (χ4v) is 3.08. The molecule has 2 amide bonds. The van der Waals surface area contributed by atoms with Gasteiger partial charge in [-0.3, -0.25) is 4.68 Å². The molecule has 0 bridgehead atoms. The van der Waals surface area contributed by atoms with Gasteiger partial charge < -0.3 is 20.1 Å². The van der Waals surface area contributed by atoms with Gasteiger partial charge in [0.25, 0.3) is 0 Å². The predicted molar refractivity (Wildman–Crippen MR) is 94.8 cm³/mol. The number of carbonyl (C=O) groups is 3. The van der Waals surface area contributed by atoms with Crippen LogP contribution in [0, 0.1) is 0 Å². The van der Waals surface area contributed by atoms with E-state index in [1.807, 2.05) is 0 Å². The first-order valence-corrected chi connectivity index (χ1v) is 8.91. The molecule has 0 atom stereocenters. The number of nitrogens with zero attached hydrogens (tertiary/aromatic N) is 3. The van der Waals surface area contributed by atoms with Gasteiger partial charge in [-0.1, -0.05) is 0 Å². The molecule has 0 fully saturated rings. The molecule has 0 spiro atoms. The number of esters is 2. The van der Waals surface area contributed by atoms with Crippen molar-refractivity contribution in [1.29, 1.82) is 0 Å². The molecule has 1 aliphatic rings. The first-order valence-electron chi connectivity index (χ1n) is 8.03. The van der Waals surface area contributed by atoms with Crippen LogP contribution in [0.15, 0.2) is 29.0 Å². The van der Waals surface area contributed by atoms with Crippen molar-refractivity contribution in [3.8, 4) is 10.6 Å². The Morgan fingerprint density at radius 2 is 2.15 bits per heavy atom. The Kier molecular flexibility index (Phi) is 5.50. The Balaban J connectivity index is 1.69. The maximum Gasteiger partial charge on any atom is 0.358 e. The molecule has 0 saturated heterocycles. The summed E-state index contributed by atoms with van der Waals surface area (Å²) in [5.41, 5.74) is 1.32. The van der Waals surface area contributed by atoms with Crippen molar-refractivity contribution in [2.24, 2.45) is 7.05 Å². The van der Waals surface area contributed by atoms with Gasteiger partial charge in [-0.25, -0.2) is 19.4 Å². The zero-order chi connectivity index (χ0) is 19.4. The largest absolute Gasteiger partial charge is 0.463 e. The van der Waals surface area contributed by atoms with E-state index in [0.717, 1.165) is 5.56 Å². The summed E-state index contributed by atoms with van der Waals surface area (Å²) in [7, 11) is 1.79. The van der Waals surface area contributed by atoms with Gasteiger partial charge in [0.05, 0.1) is 30.6 Å². The lowest BCUT2D eigenvalue weighted by atomic mass is 10.2. The van der Waals surface area contributed by atoms with Crippen LogP contribution in [-0.4, -0.2) is 52.5 Å². The molecule has 0 aliphatic carbocycles. The summed E-state index contributed by atoms with van der Waals surface area (Å²) >= 11 is 1.29. The van der Waals surface area contributed by atoms with Crippen molar-refractivity contribution in [1.82, 2.24) is 25.4 Å². The number of hydrogen-bond donors (Lipinski definition) is 2. The van der Waals surface area contributed by atoms with Gasteiger partial charge in [-0.05, 0) is 6.92 Å². The number of carbonyl (C=O) groups excluding carboxylic acids is 3. The Morgan fingerprint density at radius 3 is 2.85 bits per heavy atom. The van der Waals surface area contributed by atoms with Gasteiger partial charge in [0, 0.05) is 24.2 Å². The maximum absolute atomic E-state index is 12.3. The summed E-state index contributed by atoms with van der Waals surface area (Å²) in [5.74, 6) is -1.24. The lowest BCUT2D eigenvalue weighted by Gasteiger charge is -2.20. The van der Waals surface area contributed by atoms with E-state index < -0.39 is 18.0 Å². The zero-order valence-electron chi connectivity index (χ0n) is 14.6. The van der Waals surface area contributed by atoms with Crippen LogP contribution in [0.4, 0.5) is 4.79 Å². The molecule has 0 radical (unpaired) electrons. The van der Waals surface area contributed by atoms with Crippen molar-refractivity contribution in [2.45, 2.75) is 6.92 Å². The van der Waals surface area contributed by atoms with Gasteiger partial charge in [0.15, 0.2) is 5.69 Å². The number of thiazole rings is 1. The Labute approximate surface area is 158 Å². The number of rotatable bonds is 6. The molecule has 1 aliphatic heterocycles. The molecule has 3 rings (SSSR count). The summed E-state index contributed by atoms with van der Waals surface area (Å²) in [4.78, 5) is 40.0. The van der Waals surface area contributed by atoms with Gasteiger partial charge in [0.1, 0.15) is 11.6 Å². The highest BCUT2D eigenvalue weighted by molar-refractivity contribution is 7.13. The lowest BCUT2D eigenvalue weighted by Crippen LogP contribution is -2.45. The number of nitrogens with one attached hydrogen (secondary N) is 2. The van der Waals surface area contributed by atoms with Gasteiger partial charge >= 0.3 is 18.0 Å². The molecule has 0 unspecified atom stereocenters. The Morgan fingerprint density at radius 1 is 1.33 bits per heavy atom. The standard InChI is InChI=1S/C16H17N5O5S/c1-3-25-14(22)10-5-17-16(24)20-11(10)7-26-15(23)12-8-27-13(19-12)9-4-18-21(2)6-9/h4,6,8H,3,5,7H2,1-2H3,(H2,17,20,24). The molecular formula is C16H17N5O5S. The summed E-state index contributed by atoms with van der Waals surface area (Å²) < 4.78 is 11.8. The quantitative estimate of drug-likeness (QED) is 0.699. The molecular weight excluding hydrogens is 374 g/mol. The highest BCUT2D eigenvalue weighted by Gasteiger charge is 2.25. The zero-order valence-corrected chi connectivity index (χ0v) is 15.5. The fraction of sp³-hybridized carbons (Fsp3) is 0.312. The second-order valence-corrected chi connectivity index (χ2v) is 6.36. The third-order valence-corrected chi connectivity index (χ3v) is 4.48. The van der Waals surface area contributed by atoms with E-state index in [9.17, 15) is 14.4 Å². The van der Waals surface area contributed by atoms with E-state index in [0.29, 0.717) is 5.01 Å². The second kappa shape index (κ2) is 7.99. The Hall–Kier alpha value is -3.21. The van der Waals surface area contributed by atoms with Crippen LogP contribution < -0.4 is 10.6 Å². The van der Waals surface area contributed by atoms with Crippen molar-refractivity contribution in [2.75, 3.05) is 19.8 Å². The predicted octanol–water partition coefficient (Wildman–Crippen LogP) is 0.830. The molecule has 10 nitrogen and oxygen atoms in total. The summed E-state index contributed by atoms with van der Waals surface area (Å²) in [6, 6.07) is -0.485. The van der Waals surface area contributed by atoms with E-state index in [2.05, 4.69) is 20.7 Å². The molecule has 2 aromatic rings. The van der Waals surface area contributed by atoms with Gasteiger partial charge in [-0.15, -0.1) is 11.3 Å². The van der Waals surface area contributed by atoms with Crippen LogP contribution in [0.2, 0.25) is 0 Å². The number of hydrogen-bond acceptors (Lipinski definition) is 8. The van der Waals surface area contributed by atoms with E-state index in [4.69, 9.17) is 9.47 Å². The second-order valence-electron chi connectivity index (χ2n) is 5.50. The minimum absolute atomic E-state index is 0.000588. The topological polar surface area (TPSA) is 124 Å². The summed E-state index contributed by atoms with van der Waals surface area (Å²) in [6.45, 7) is 1.59. The smallest absolute Gasteiger partial charge is 0.358 e. The van der Waals surface area contributed by atoms with Crippen LogP contribution in [0.3, 0.4) is 0 Å². The minimum Gasteiger partial charge on any atom is -0.463 e. The Bertz CT molecular complexity index is 916. The first kappa shape index (κ1) is 18.6. The van der Waals surface area contributed by atoms with Gasteiger partial charge in [0.2, 0.25) is 0 Å². The van der Waals surface area contributed by atoms with E-state index >= 15 is 0 Å². The molecule has 2 N–H and O–H groups in total. The number of ether oxygens (including phenoxy) is 2. The number of urea groups is 1. The average molecular weight is 391 g/mol. The van der Waals surface area contributed by atoms with Crippen LogP contribution in [0.1, 0.15) is 17.4 Å². The van der Waals surface area contributed by atoms with Crippen molar-refractivity contribution < 1.29 is 23.9 Å². The highest BCUT2D eigenvalue weighted by Crippen LogP contribution is 2.23. The average Bonchev–Trinajstić information content (AvgIpc) is 3.29. The third kappa shape index (κ3) is 4.31. The third-order valence-electron chi connectivity index (χ3n) is 3.59. The molecule has 0 saturated carbocycles. The van der Waals surface area contributed by atoms with Crippen molar-refractivity contribution >= 4 is 29.3 Å². The number of aryl methyl sites for hydroxylation is 1. The first-order chi connectivity index (χ1) is 13.0.